The Morgan fingerprint density at radius 1 is 1.22 bits per heavy atom. The molecule has 0 amide bonds. The van der Waals surface area contributed by atoms with E-state index >= 15 is 0 Å². The zero-order valence-corrected chi connectivity index (χ0v) is 10.4. The van der Waals surface area contributed by atoms with Crippen molar-refractivity contribution in [3.8, 4) is 22.6 Å². The summed E-state index contributed by atoms with van der Waals surface area (Å²) in [7, 11) is 0. The number of aromatic amines is 1. The summed E-state index contributed by atoms with van der Waals surface area (Å²) in [4.78, 5) is 0. The fraction of sp³-hybridized carbons (Fsp3) is 0.308. The minimum Gasteiger partial charge on any atom is -0.454 e. The van der Waals surface area contributed by atoms with Gasteiger partial charge >= 0.3 is 0 Å². The maximum atomic E-state index is 5.90. The number of nitrogens with one attached hydrogen (secondary N) is 1. The number of hydrogen-bond donors (Lipinski definition) is 2. The molecule has 3 N–H and O–H groups in total. The van der Waals surface area contributed by atoms with Crippen molar-refractivity contribution in [2.75, 3.05) is 12.5 Å². The number of nitrogens with two attached hydrogens (primary N) is 1. The lowest BCUT2D eigenvalue weighted by molar-refractivity contribution is 0.174. The Morgan fingerprint density at radius 3 is 2.56 bits per heavy atom. The smallest absolute Gasteiger partial charge is 0.231 e. The molecule has 2 heterocycles. The van der Waals surface area contributed by atoms with Crippen molar-refractivity contribution in [2.24, 2.45) is 0 Å². The molecule has 18 heavy (non-hydrogen) atoms. The molecule has 0 bridgehead atoms. The summed E-state index contributed by atoms with van der Waals surface area (Å²) in [5, 5.41) is 6.73. The first kappa shape index (κ1) is 11.0. The molecule has 1 aliphatic heterocycles. The minimum atomic E-state index is 0.275. The number of aromatic nitrogens is 2. The summed E-state index contributed by atoms with van der Waals surface area (Å²) < 4.78 is 10.8. The molecule has 94 valence electrons. The quantitative estimate of drug-likeness (QED) is 0.852. The second kappa shape index (κ2) is 3.94. The van der Waals surface area contributed by atoms with Crippen LogP contribution in [0.1, 0.15) is 25.3 Å². The van der Waals surface area contributed by atoms with Crippen LogP contribution in [-0.2, 0) is 0 Å². The molecule has 5 heteroatoms. The van der Waals surface area contributed by atoms with E-state index in [0.717, 1.165) is 22.6 Å². The maximum Gasteiger partial charge on any atom is 0.231 e. The van der Waals surface area contributed by atoms with E-state index in [0.29, 0.717) is 11.7 Å². The van der Waals surface area contributed by atoms with Gasteiger partial charge in [-0.15, -0.1) is 0 Å². The summed E-state index contributed by atoms with van der Waals surface area (Å²) in [5.41, 5.74) is 9.01. The molecule has 0 saturated carbocycles. The fourth-order valence-corrected chi connectivity index (χ4v) is 2.18. The number of H-pyrrole nitrogens is 1. The molecule has 1 aromatic carbocycles. The van der Waals surface area contributed by atoms with Gasteiger partial charge < -0.3 is 15.2 Å². The molecule has 1 aromatic heterocycles. The van der Waals surface area contributed by atoms with E-state index in [4.69, 9.17) is 15.2 Å². The number of hydrogen-bond acceptors (Lipinski definition) is 4. The third-order valence-corrected chi connectivity index (χ3v) is 3.13. The summed E-state index contributed by atoms with van der Waals surface area (Å²) in [6.07, 6.45) is 1.73. The van der Waals surface area contributed by atoms with Crippen molar-refractivity contribution in [1.29, 1.82) is 0 Å². The van der Waals surface area contributed by atoms with E-state index < -0.39 is 0 Å². The average Bonchev–Trinajstić information content (AvgIpc) is 2.94. The molecule has 2 aromatic rings. The van der Waals surface area contributed by atoms with Gasteiger partial charge in [-0.05, 0) is 29.2 Å². The van der Waals surface area contributed by atoms with Crippen molar-refractivity contribution in [2.45, 2.75) is 19.8 Å². The summed E-state index contributed by atoms with van der Waals surface area (Å²) >= 11 is 0. The van der Waals surface area contributed by atoms with Gasteiger partial charge in [-0.1, -0.05) is 13.8 Å². The van der Waals surface area contributed by atoms with E-state index in [1.54, 1.807) is 6.20 Å². The van der Waals surface area contributed by atoms with Crippen LogP contribution in [0.2, 0.25) is 0 Å². The lowest BCUT2D eigenvalue weighted by atomic mass is 9.93. The third kappa shape index (κ3) is 1.59. The van der Waals surface area contributed by atoms with E-state index in [9.17, 15) is 0 Å². The van der Waals surface area contributed by atoms with Crippen LogP contribution in [0.5, 0.6) is 11.5 Å². The molecule has 0 aliphatic carbocycles. The van der Waals surface area contributed by atoms with Crippen LogP contribution in [0.15, 0.2) is 18.3 Å². The van der Waals surface area contributed by atoms with Gasteiger partial charge in [-0.3, -0.25) is 5.10 Å². The normalized spacial score (nSPS) is 13.3. The Balaban J connectivity index is 2.21. The fourth-order valence-electron chi connectivity index (χ4n) is 2.18. The van der Waals surface area contributed by atoms with E-state index in [-0.39, 0.29) is 6.79 Å². The molecule has 0 saturated heterocycles. The molecule has 0 unspecified atom stereocenters. The van der Waals surface area contributed by atoms with Crippen molar-refractivity contribution in [3.63, 3.8) is 0 Å². The van der Waals surface area contributed by atoms with E-state index in [1.807, 2.05) is 12.1 Å². The second-order valence-electron chi connectivity index (χ2n) is 4.64. The zero-order valence-electron chi connectivity index (χ0n) is 10.4. The molecular weight excluding hydrogens is 230 g/mol. The monoisotopic (exact) mass is 245 g/mol. The Labute approximate surface area is 105 Å². The predicted octanol–water partition coefficient (Wildman–Crippen LogP) is 2.51. The first-order valence-electron chi connectivity index (χ1n) is 5.89. The highest BCUT2D eigenvalue weighted by Gasteiger charge is 2.20. The highest BCUT2D eigenvalue weighted by atomic mass is 16.7. The maximum absolute atomic E-state index is 5.90. The molecule has 3 rings (SSSR count). The molecule has 1 aliphatic rings. The van der Waals surface area contributed by atoms with Gasteiger partial charge in [-0.25, -0.2) is 0 Å². The van der Waals surface area contributed by atoms with Gasteiger partial charge in [0.25, 0.3) is 0 Å². The molecule has 0 fully saturated rings. The van der Waals surface area contributed by atoms with Crippen LogP contribution in [0.4, 0.5) is 5.82 Å². The lowest BCUT2D eigenvalue weighted by Gasteiger charge is -2.13. The van der Waals surface area contributed by atoms with Crippen LogP contribution < -0.4 is 15.2 Å². The van der Waals surface area contributed by atoms with Crippen LogP contribution in [0.25, 0.3) is 11.1 Å². The van der Waals surface area contributed by atoms with Crippen LogP contribution >= 0.6 is 0 Å². The van der Waals surface area contributed by atoms with Gasteiger partial charge in [-0.2, -0.15) is 5.10 Å². The number of anilines is 1. The lowest BCUT2D eigenvalue weighted by Crippen LogP contribution is -1.95. The van der Waals surface area contributed by atoms with Gasteiger partial charge in [0, 0.05) is 5.56 Å². The molecule has 5 nitrogen and oxygen atoms in total. The number of rotatable bonds is 2. The Hall–Kier alpha value is -2.17. The number of nitrogen functional groups attached to an aromatic ring is 1. The SMILES string of the molecule is CC(C)c1cc2c(cc1-c1cn[nH]c1N)OCO2. The van der Waals surface area contributed by atoms with Gasteiger partial charge in [0.2, 0.25) is 6.79 Å². The molecule has 0 spiro atoms. The topological polar surface area (TPSA) is 73.2 Å². The van der Waals surface area contributed by atoms with Gasteiger partial charge in [0.1, 0.15) is 5.82 Å². The molecular formula is C13H15N3O2. The van der Waals surface area contributed by atoms with E-state index in [2.05, 4.69) is 24.0 Å². The van der Waals surface area contributed by atoms with Crippen molar-refractivity contribution < 1.29 is 9.47 Å². The first-order valence-corrected chi connectivity index (χ1v) is 5.89. The highest BCUT2D eigenvalue weighted by Crippen LogP contribution is 2.42. The number of nitrogens with zero attached hydrogens (tertiary/aromatic N) is 1. The summed E-state index contributed by atoms with van der Waals surface area (Å²) in [6, 6.07) is 3.99. The molecule has 0 atom stereocenters. The molecule has 0 radical (unpaired) electrons. The zero-order chi connectivity index (χ0) is 12.7. The largest absolute Gasteiger partial charge is 0.454 e. The minimum absolute atomic E-state index is 0.275. The summed E-state index contributed by atoms with van der Waals surface area (Å²) in [5.74, 6) is 2.49. The van der Waals surface area contributed by atoms with Crippen molar-refractivity contribution in [3.05, 3.63) is 23.9 Å². The van der Waals surface area contributed by atoms with E-state index in [1.165, 1.54) is 5.56 Å². The van der Waals surface area contributed by atoms with Crippen LogP contribution in [0.3, 0.4) is 0 Å². The summed E-state index contributed by atoms with van der Waals surface area (Å²) in [6.45, 7) is 4.55. The first-order chi connectivity index (χ1) is 8.66. The Bertz CT molecular complexity index is 590. The van der Waals surface area contributed by atoms with Crippen molar-refractivity contribution in [1.82, 2.24) is 10.2 Å². The third-order valence-electron chi connectivity index (χ3n) is 3.13. The number of benzene rings is 1. The highest BCUT2D eigenvalue weighted by molar-refractivity contribution is 5.78. The standard InChI is InChI=1S/C13H15N3O2/c1-7(2)8-3-11-12(18-6-17-11)4-9(8)10-5-15-16-13(10)14/h3-5,7H,6H2,1-2H3,(H3,14,15,16). The predicted molar refractivity (Wildman–Crippen MR) is 68.6 cm³/mol. The number of ether oxygens (including phenoxy) is 2. The number of fused-ring (bicyclic) bond motifs is 1. The van der Waals surface area contributed by atoms with Gasteiger partial charge in [0.05, 0.1) is 6.20 Å². The van der Waals surface area contributed by atoms with Gasteiger partial charge in [0.15, 0.2) is 11.5 Å². The van der Waals surface area contributed by atoms with Crippen molar-refractivity contribution >= 4 is 5.82 Å². The van der Waals surface area contributed by atoms with Crippen LogP contribution in [0, 0.1) is 0 Å². The second-order valence-corrected chi connectivity index (χ2v) is 4.64. The Kier molecular flexibility index (Phi) is 2.40. The van der Waals surface area contributed by atoms with Crippen LogP contribution in [-0.4, -0.2) is 17.0 Å². The average molecular weight is 245 g/mol. The Morgan fingerprint density at radius 2 is 1.94 bits per heavy atom.